The summed E-state index contributed by atoms with van der Waals surface area (Å²) in [5.41, 5.74) is 15.9. The topological polar surface area (TPSA) is 52.0 Å². The van der Waals surface area contributed by atoms with Crippen molar-refractivity contribution in [2.45, 2.75) is 26.7 Å². The fraction of sp³-hybridized carbons (Fsp3) is 0.286. The van der Waals surface area contributed by atoms with Crippen LogP contribution in [0.5, 0.6) is 0 Å². The number of anilines is 2. The Labute approximate surface area is 107 Å². The fourth-order valence-corrected chi connectivity index (χ4v) is 2.76. The molecule has 0 aromatic heterocycles. The van der Waals surface area contributed by atoms with E-state index in [-0.39, 0.29) is 0 Å². The molecule has 90 valence electrons. The van der Waals surface area contributed by atoms with E-state index >= 15 is 0 Å². The Morgan fingerprint density at radius 3 is 2.24 bits per heavy atom. The number of hydrogen-bond donors (Lipinski definition) is 2. The lowest BCUT2D eigenvalue weighted by Gasteiger charge is -2.17. The van der Waals surface area contributed by atoms with Crippen LogP contribution in [-0.2, 0) is 12.8 Å². The first-order chi connectivity index (χ1) is 8.11. The number of hydrogen-bond acceptors (Lipinski definition) is 2. The molecule has 0 saturated carbocycles. The van der Waals surface area contributed by atoms with Crippen molar-refractivity contribution in [2.75, 3.05) is 11.5 Å². The summed E-state index contributed by atoms with van der Waals surface area (Å²) < 4.78 is 0. The lowest BCUT2D eigenvalue weighted by molar-refractivity contribution is 1.06. The quantitative estimate of drug-likeness (QED) is 0.795. The van der Waals surface area contributed by atoms with Crippen LogP contribution in [0.4, 0.5) is 11.4 Å². The standard InChI is InChI=1S/C14H17ClN2/c1-3-8-9(4-2)13(16)14(17)10-6-5-7-11(15)12(8)10/h5-7H,3-4,16-17H2,1-2H3. The highest BCUT2D eigenvalue weighted by atomic mass is 35.5. The molecule has 3 heteroatoms. The molecule has 2 rings (SSSR count). The summed E-state index contributed by atoms with van der Waals surface area (Å²) in [5, 5.41) is 2.77. The second-order valence-electron chi connectivity index (χ2n) is 4.15. The monoisotopic (exact) mass is 248 g/mol. The molecule has 2 nitrogen and oxygen atoms in total. The number of benzene rings is 2. The Kier molecular flexibility index (Phi) is 3.16. The van der Waals surface area contributed by atoms with Crippen molar-refractivity contribution in [2.24, 2.45) is 0 Å². The molecule has 2 aromatic carbocycles. The Bertz CT molecular complexity index is 576. The van der Waals surface area contributed by atoms with E-state index in [0.717, 1.165) is 34.2 Å². The minimum Gasteiger partial charge on any atom is -0.397 e. The van der Waals surface area contributed by atoms with Gasteiger partial charge >= 0.3 is 0 Å². The summed E-state index contributed by atoms with van der Waals surface area (Å²) in [7, 11) is 0. The van der Waals surface area contributed by atoms with E-state index in [1.54, 1.807) is 0 Å². The van der Waals surface area contributed by atoms with Crippen molar-refractivity contribution in [3.63, 3.8) is 0 Å². The number of halogens is 1. The first-order valence-electron chi connectivity index (χ1n) is 5.88. The van der Waals surface area contributed by atoms with Crippen LogP contribution in [0.1, 0.15) is 25.0 Å². The van der Waals surface area contributed by atoms with Crippen LogP contribution in [0.15, 0.2) is 18.2 Å². The predicted octanol–water partition coefficient (Wildman–Crippen LogP) is 3.78. The number of fused-ring (bicyclic) bond motifs is 1. The molecular weight excluding hydrogens is 232 g/mol. The van der Waals surface area contributed by atoms with Gasteiger partial charge in [-0.05, 0) is 30.0 Å². The van der Waals surface area contributed by atoms with E-state index in [1.165, 1.54) is 5.56 Å². The molecule has 0 bridgehead atoms. The van der Waals surface area contributed by atoms with E-state index in [0.29, 0.717) is 11.4 Å². The molecule has 2 aromatic rings. The summed E-state index contributed by atoms with van der Waals surface area (Å²) in [6.07, 6.45) is 1.79. The van der Waals surface area contributed by atoms with Gasteiger partial charge in [0.1, 0.15) is 0 Å². The average molecular weight is 249 g/mol. The molecule has 0 spiro atoms. The van der Waals surface area contributed by atoms with Gasteiger partial charge in [0.2, 0.25) is 0 Å². The van der Waals surface area contributed by atoms with Gasteiger partial charge in [0.25, 0.3) is 0 Å². The van der Waals surface area contributed by atoms with Crippen LogP contribution in [-0.4, -0.2) is 0 Å². The van der Waals surface area contributed by atoms with Crippen molar-refractivity contribution in [3.05, 3.63) is 34.3 Å². The molecule has 0 aliphatic heterocycles. The first kappa shape index (κ1) is 12.1. The van der Waals surface area contributed by atoms with Gasteiger partial charge in [-0.25, -0.2) is 0 Å². The lowest BCUT2D eigenvalue weighted by Crippen LogP contribution is -2.05. The van der Waals surface area contributed by atoms with E-state index < -0.39 is 0 Å². The maximum Gasteiger partial charge on any atom is 0.0631 e. The zero-order valence-corrected chi connectivity index (χ0v) is 10.9. The first-order valence-corrected chi connectivity index (χ1v) is 6.26. The second-order valence-corrected chi connectivity index (χ2v) is 4.56. The molecule has 0 aliphatic rings. The Balaban J connectivity index is 3.02. The maximum absolute atomic E-state index is 6.30. The molecule has 0 aliphatic carbocycles. The minimum absolute atomic E-state index is 0.650. The zero-order chi connectivity index (χ0) is 12.6. The molecule has 17 heavy (non-hydrogen) atoms. The summed E-state index contributed by atoms with van der Waals surface area (Å²) >= 11 is 6.30. The van der Waals surface area contributed by atoms with Crippen LogP contribution in [0.3, 0.4) is 0 Å². The SMILES string of the molecule is CCc1c(N)c(N)c2cccc(Cl)c2c1CC. The predicted molar refractivity (Wildman–Crippen MR) is 76.5 cm³/mol. The molecule has 0 unspecified atom stereocenters. The summed E-state index contributed by atoms with van der Waals surface area (Å²) in [6, 6.07) is 5.79. The number of nitrogens with two attached hydrogens (primary N) is 2. The van der Waals surface area contributed by atoms with Gasteiger partial charge in [-0.15, -0.1) is 0 Å². The zero-order valence-electron chi connectivity index (χ0n) is 10.2. The molecular formula is C14H17ClN2. The van der Waals surface area contributed by atoms with Gasteiger partial charge < -0.3 is 11.5 Å². The number of rotatable bonds is 2. The third-order valence-corrected chi connectivity index (χ3v) is 3.61. The highest BCUT2D eigenvalue weighted by Crippen LogP contribution is 2.38. The van der Waals surface area contributed by atoms with E-state index in [1.807, 2.05) is 18.2 Å². The van der Waals surface area contributed by atoms with Gasteiger partial charge in [-0.2, -0.15) is 0 Å². The smallest absolute Gasteiger partial charge is 0.0631 e. The molecule has 0 amide bonds. The Morgan fingerprint density at radius 1 is 1.00 bits per heavy atom. The second kappa shape index (κ2) is 4.46. The van der Waals surface area contributed by atoms with Crippen LogP contribution >= 0.6 is 11.6 Å². The van der Waals surface area contributed by atoms with Gasteiger partial charge in [-0.3, -0.25) is 0 Å². The van der Waals surface area contributed by atoms with Gasteiger partial charge in [0.05, 0.1) is 11.4 Å². The minimum atomic E-state index is 0.650. The Hall–Kier alpha value is -1.41. The highest BCUT2D eigenvalue weighted by Gasteiger charge is 2.15. The molecule has 0 atom stereocenters. The normalized spacial score (nSPS) is 11.0. The maximum atomic E-state index is 6.30. The molecule has 0 fully saturated rings. The van der Waals surface area contributed by atoms with Gasteiger partial charge in [-0.1, -0.05) is 37.6 Å². The number of aryl methyl sites for hydroxylation is 1. The van der Waals surface area contributed by atoms with Crippen molar-refractivity contribution < 1.29 is 0 Å². The van der Waals surface area contributed by atoms with Crippen LogP contribution in [0.2, 0.25) is 5.02 Å². The van der Waals surface area contributed by atoms with Crippen LogP contribution in [0.25, 0.3) is 10.8 Å². The highest BCUT2D eigenvalue weighted by molar-refractivity contribution is 6.36. The van der Waals surface area contributed by atoms with Gasteiger partial charge in [0.15, 0.2) is 0 Å². The van der Waals surface area contributed by atoms with Gasteiger partial charge in [0, 0.05) is 15.8 Å². The van der Waals surface area contributed by atoms with E-state index in [4.69, 9.17) is 23.1 Å². The number of nitrogen functional groups attached to an aromatic ring is 2. The van der Waals surface area contributed by atoms with Crippen molar-refractivity contribution in [1.82, 2.24) is 0 Å². The summed E-state index contributed by atoms with van der Waals surface area (Å²) in [6.45, 7) is 4.21. The summed E-state index contributed by atoms with van der Waals surface area (Å²) in [4.78, 5) is 0. The van der Waals surface area contributed by atoms with Crippen molar-refractivity contribution in [1.29, 1.82) is 0 Å². The van der Waals surface area contributed by atoms with Crippen molar-refractivity contribution >= 4 is 33.7 Å². The largest absolute Gasteiger partial charge is 0.397 e. The third kappa shape index (κ3) is 1.73. The van der Waals surface area contributed by atoms with E-state index in [9.17, 15) is 0 Å². The fourth-order valence-electron chi connectivity index (χ4n) is 2.47. The average Bonchev–Trinajstić information content (AvgIpc) is 2.33. The lowest BCUT2D eigenvalue weighted by atomic mass is 9.92. The molecule has 0 heterocycles. The van der Waals surface area contributed by atoms with Crippen molar-refractivity contribution in [3.8, 4) is 0 Å². The third-order valence-electron chi connectivity index (χ3n) is 3.29. The van der Waals surface area contributed by atoms with E-state index in [2.05, 4.69) is 13.8 Å². The molecule has 0 radical (unpaired) electrons. The van der Waals surface area contributed by atoms with Crippen LogP contribution in [0, 0.1) is 0 Å². The Morgan fingerprint density at radius 2 is 1.65 bits per heavy atom. The molecule has 4 N–H and O–H groups in total. The van der Waals surface area contributed by atoms with Crippen LogP contribution < -0.4 is 11.5 Å². The molecule has 0 saturated heterocycles. The summed E-state index contributed by atoms with van der Waals surface area (Å²) in [5.74, 6) is 0.